The van der Waals surface area contributed by atoms with Crippen LogP contribution in [0.5, 0.6) is 5.75 Å². The third-order valence-corrected chi connectivity index (χ3v) is 6.11. The van der Waals surface area contributed by atoms with Crippen LogP contribution in [0.1, 0.15) is 10.4 Å². The average Bonchev–Trinajstić information content (AvgIpc) is 3.15. The molecule has 3 aromatic rings. The fourth-order valence-corrected chi connectivity index (χ4v) is 4.23. The first-order valence-corrected chi connectivity index (χ1v) is 10.9. The molecule has 1 aliphatic heterocycles. The van der Waals surface area contributed by atoms with Gasteiger partial charge in [0, 0.05) is 56.9 Å². The van der Waals surface area contributed by atoms with Crippen molar-refractivity contribution in [2.45, 2.75) is 6.54 Å². The van der Waals surface area contributed by atoms with E-state index in [1.165, 1.54) is 4.90 Å². The van der Waals surface area contributed by atoms with Crippen molar-refractivity contribution < 1.29 is 14.3 Å². The molecule has 0 unspecified atom stereocenters. The predicted octanol–water partition coefficient (Wildman–Crippen LogP) is 3.35. The van der Waals surface area contributed by atoms with Crippen molar-refractivity contribution in [3.63, 3.8) is 0 Å². The van der Waals surface area contributed by atoms with Crippen LogP contribution in [0.2, 0.25) is 5.02 Å². The number of halogens is 1. The summed E-state index contributed by atoms with van der Waals surface area (Å²) in [4.78, 5) is 31.4. The number of nitrogens with zero attached hydrogens (tertiary/aromatic N) is 4. The molecule has 0 aliphatic carbocycles. The van der Waals surface area contributed by atoms with Gasteiger partial charge in [-0.2, -0.15) is 0 Å². The van der Waals surface area contributed by atoms with Crippen LogP contribution < -0.4 is 9.64 Å². The predicted molar refractivity (Wildman–Crippen MR) is 127 cm³/mol. The molecule has 4 rings (SSSR count). The van der Waals surface area contributed by atoms with Crippen molar-refractivity contribution in [1.29, 1.82) is 0 Å². The fourth-order valence-electron chi connectivity index (χ4n) is 4.07. The summed E-state index contributed by atoms with van der Waals surface area (Å²) in [6, 6.07) is 13.4. The molecular formula is C24H27ClN4O3. The van der Waals surface area contributed by atoms with E-state index in [9.17, 15) is 9.59 Å². The van der Waals surface area contributed by atoms with Crippen LogP contribution in [-0.2, 0) is 11.3 Å². The van der Waals surface area contributed by atoms with Crippen molar-refractivity contribution in [2.75, 3.05) is 52.3 Å². The number of carbonyl (C=O) groups is 2. The Hall–Kier alpha value is -3.19. The summed E-state index contributed by atoms with van der Waals surface area (Å²) in [7, 11) is 5.10. The van der Waals surface area contributed by atoms with E-state index >= 15 is 0 Å². The van der Waals surface area contributed by atoms with Crippen LogP contribution >= 0.6 is 11.6 Å². The quantitative estimate of drug-likeness (QED) is 0.593. The SMILES string of the molecule is COc1ccccc1N1CCN(C(=O)c2cn(CC(=O)N(C)C)c3cc(Cl)ccc23)CC1. The number of piperazine rings is 1. The average molecular weight is 455 g/mol. The second-order valence-electron chi connectivity index (χ2n) is 8.07. The molecule has 2 heterocycles. The largest absolute Gasteiger partial charge is 0.495 e. The first-order chi connectivity index (χ1) is 15.4. The molecule has 2 aromatic carbocycles. The second-order valence-corrected chi connectivity index (χ2v) is 8.51. The van der Waals surface area contributed by atoms with Gasteiger partial charge in [-0.05, 0) is 24.3 Å². The minimum atomic E-state index is -0.0497. The number of anilines is 1. The Bertz CT molecular complexity index is 1150. The topological polar surface area (TPSA) is 58.0 Å². The summed E-state index contributed by atoms with van der Waals surface area (Å²) >= 11 is 6.21. The maximum absolute atomic E-state index is 13.4. The van der Waals surface area contributed by atoms with Crippen LogP contribution in [0.3, 0.4) is 0 Å². The standard InChI is InChI=1S/C24H27ClN4O3/c1-26(2)23(30)16-29-15-19(18-9-8-17(25)14-21(18)29)24(31)28-12-10-27(11-13-28)20-6-4-5-7-22(20)32-3/h4-9,14-15H,10-13,16H2,1-3H3. The van der Waals surface area contributed by atoms with E-state index in [1.54, 1.807) is 39.5 Å². The molecule has 1 aromatic heterocycles. The maximum atomic E-state index is 13.4. The van der Waals surface area contributed by atoms with Gasteiger partial charge in [0.25, 0.3) is 5.91 Å². The van der Waals surface area contributed by atoms with Gasteiger partial charge in [-0.1, -0.05) is 29.8 Å². The van der Waals surface area contributed by atoms with Gasteiger partial charge in [-0.15, -0.1) is 0 Å². The lowest BCUT2D eigenvalue weighted by Gasteiger charge is -2.36. The molecule has 0 radical (unpaired) electrons. The number of aromatic nitrogens is 1. The Labute approximate surface area is 192 Å². The van der Waals surface area contributed by atoms with Crippen molar-refractivity contribution in [1.82, 2.24) is 14.4 Å². The van der Waals surface area contributed by atoms with Gasteiger partial charge in [0.2, 0.25) is 5.91 Å². The number of ether oxygens (including phenoxy) is 1. The monoisotopic (exact) mass is 454 g/mol. The molecule has 0 N–H and O–H groups in total. The Morgan fingerprint density at radius 2 is 1.78 bits per heavy atom. The first-order valence-electron chi connectivity index (χ1n) is 10.5. The number of methoxy groups -OCH3 is 1. The van der Waals surface area contributed by atoms with Crippen LogP contribution in [0.25, 0.3) is 10.9 Å². The van der Waals surface area contributed by atoms with Gasteiger partial charge < -0.3 is 24.0 Å². The zero-order chi connectivity index (χ0) is 22.8. The number of likely N-dealkylation sites (N-methyl/N-ethyl adjacent to an activating group) is 1. The van der Waals surface area contributed by atoms with E-state index in [0.29, 0.717) is 23.7 Å². The zero-order valence-corrected chi connectivity index (χ0v) is 19.3. The highest BCUT2D eigenvalue weighted by Crippen LogP contribution is 2.30. The van der Waals surface area contributed by atoms with Gasteiger partial charge in [-0.25, -0.2) is 0 Å². The number of rotatable bonds is 5. The Morgan fingerprint density at radius 3 is 2.47 bits per heavy atom. The Morgan fingerprint density at radius 1 is 1.06 bits per heavy atom. The second kappa shape index (κ2) is 9.12. The summed E-state index contributed by atoms with van der Waals surface area (Å²) in [5, 5.41) is 1.37. The molecule has 168 valence electrons. The van der Waals surface area contributed by atoms with Crippen LogP contribution in [0.4, 0.5) is 5.69 Å². The molecule has 1 aliphatic rings. The highest BCUT2D eigenvalue weighted by Gasteiger charge is 2.26. The number of carbonyl (C=O) groups excluding carboxylic acids is 2. The van der Waals surface area contributed by atoms with E-state index in [0.717, 1.165) is 35.4 Å². The van der Waals surface area contributed by atoms with Gasteiger partial charge in [-0.3, -0.25) is 9.59 Å². The molecule has 8 heteroatoms. The number of fused-ring (bicyclic) bond motifs is 1. The summed E-state index contributed by atoms with van der Waals surface area (Å²) in [6.07, 6.45) is 1.78. The minimum Gasteiger partial charge on any atom is -0.495 e. The number of amides is 2. The van der Waals surface area contributed by atoms with Crippen molar-refractivity contribution >= 4 is 40.0 Å². The van der Waals surface area contributed by atoms with E-state index < -0.39 is 0 Å². The van der Waals surface area contributed by atoms with E-state index in [2.05, 4.69) is 4.90 Å². The molecule has 1 fully saturated rings. The summed E-state index contributed by atoms with van der Waals surface area (Å²) in [5.74, 6) is 0.747. The van der Waals surface area contributed by atoms with Gasteiger partial charge >= 0.3 is 0 Å². The molecule has 0 bridgehead atoms. The highest BCUT2D eigenvalue weighted by atomic mass is 35.5. The third-order valence-electron chi connectivity index (χ3n) is 5.87. The molecular weight excluding hydrogens is 428 g/mol. The van der Waals surface area contributed by atoms with Crippen LogP contribution in [-0.4, -0.2) is 73.6 Å². The molecule has 2 amide bonds. The summed E-state index contributed by atoms with van der Waals surface area (Å²) in [5.41, 5.74) is 2.41. The normalized spacial score (nSPS) is 14.0. The van der Waals surface area contributed by atoms with Gasteiger partial charge in [0.1, 0.15) is 12.3 Å². The summed E-state index contributed by atoms with van der Waals surface area (Å²) in [6.45, 7) is 2.80. The Balaban J connectivity index is 1.56. The van der Waals surface area contributed by atoms with Crippen molar-refractivity contribution in [2.24, 2.45) is 0 Å². The van der Waals surface area contributed by atoms with Gasteiger partial charge in [0.05, 0.1) is 23.9 Å². The number of hydrogen-bond acceptors (Lipinski definition) is 4. The minimum absolute atomic E-state index is 0.0342. The zero-order valence-electron chi connectivity index (χ0n) is 18.5. The van der Waals surface area contributed by atoms with Crippen LogP contribution in [0, 0.1) is 0 Å². The molecule has 0 atom stereocenters. The molecule has 1 saturated heterocycles. The lowest BCUT2D eigenvalue weighted by Crippen LogP contribution is -2.48. The smallest absolute Gasteiger partial charge is 0.256 e. The van der Waals surface area contributed by atoms with E-state index in [-0.39, 0.29) is 18.4 Å². The van der Waals surface area contributed by atoms with E-state index in [4.69, 9.17) is 16.3 Å². The number of hydrogen-bond donors (Lipinski definition) is 0. The first kappa shape index (κ1) is 22.0. The van der Waals surface area contributed by atoms with E-state index in [1.807, 2.05) is 39.8 Å². The van der Waals surface area contributed by atoms with Crippen molar-refractivity contribution in [3.05, 3.63) is 59.2 Å². The lowest BCUT2D eigenvalue weighted by molar-refractivity contribution is -0.129. The molecule has 0 spiro atoms. The lowest BCUT2D eigenvalue weighted by atomic mass is 10.1. The third kappa shape index (κ3) is 4.25. The fraction of sp³-hybridized carbons (Fsp3) is 0.333. The van der Waals surface area contributed by atoms with Crippen molar-refractivity contribution in [3.8, 4) is 5.75 Å². The highest BCUT2D eigenvalue weighted by molar-refractivity contribution is 6.31. The number of benzene rings is 2. The molecule has 32 heavy (non-hydrogen) atoms. The molecule has 7 nitrogen and oxygen atoms in total. The maximum Gasteiger partial charge on any atom is 0.256 e. The Kier molecular flexibility index (Phi) is 6.28. The molecule has 0 saturated carbocycles. The van der Waals surface area contributed by atoms with Crippen LogP contribution in [0.15, 0.2) is 48.7 Å². The van der Waals surface area contributed by atoms with Gasteiger partial charge in [0.15, 0.2) is 0 Å². The number of para-hydroxylation sites is 2. The summed E-state index contributed by atoms with van der Waals surface area (Å²) < 4.78 is 7.29.